The van der Waals surface area contributed by atoms with Crippen molar-refractivity contribution < 1.29 is 0 Å². The zero-order valence-electron chi connectivity index (χ0n) is 26.9. The molecule has 0 fully saturated rings. The van der Waals surface area contributed by atoms with E-state index in [4.69, 9.17) is 19.9 Å². The third-order valence-electron chi connectivity index (χ3n) is 9.89. The van der Waals surface area contributed by atoms with E-state index in [0.29, 0.717) is 17.5 Å². The molecule has 232 valence electrons. The molecule has 0 unspecified atom stereocenters. The Morgan fingerprint density at radius 2 is 1.06 bits per heavy atom. The van der Waals surface area contributed by atoms with Crippen molar-refractivity contribution in [3.63, 3.8) is 0 Å². The Morgan fingerprint density at radius 3 is 1.73 bits per heavy atom. The molecule has 0 radical (unpaired) electrons. The number of pyridine rings is 1. The molecule has 0 saturated heterocycles. The lowest BCUT2D eigenvalue weighted by Gasteiger charge is -2.22. The van der Waals surface area contributed by atoms with E-state index in [1.807, 2.05) is 66.7 Å². The van der Waals surface area contributed by atoms with Crippen LogP contribution in [-0.2, 0) is 5.41 Å². The molecule has 0 atom stereocenters. The number of benzene rings is 5. The van der Waals surface area contributed by atoms with Gasteiger partial charge in [-0.2, -0.15) is 0 Å². The molecule has 4 aromatic heterocycles. The molecule has 0 bridgehead atoms. The van der Waals surface area contributed by atoms with Crippen LogP contribution in [0.3, 0.4) is 0 Å². The first-order valence-corrected chi connectivity index (χ1v) is 17.3. The molecule has 10 rings (SSSR count). The van der Waals surface area contributed by atoms with Crippen LogP contribution in [0.15, 0.2) is 140 Å². The van der Waals surface area contributed by atoms with Gasteiger partial charge in [0.15, 0.2) is 17.5 Å². The lowest BCUT2D eigenvalue weighted by molar-refractivity contribution is 0.661. The smallest absolute Gasteiger partial charge is 0.164 e. The lowest BCUT2D eigenvalue weighted by Crippen LogP contribution is -2.15. The molecule has 0 amide bonds. The van der Waals surface area contributed by atoms with Gasteiger partial charge in [-0.25, -0.2) is 19.9 Å². The van der Waals surface area contributed by atoms with E-state index in [1.54, 1.807) is 11.3 Å². The third-order valence-corrected chi connectivity index (χ3v) is 11.1. The van der Waals surface area contributed by atoms with Crippen molar-refractivity contribution in [1.29, 1.82) is 0 Å². The van der Waals surface area contributed by atoms with E-state index < -0.39 is 0 Å². The van der Waals surface area contributed by atoms with Gasteiger partial charge < -0.3 is 0 Å². The molecular weight excluding hydrogens is 619 g/mol. The van der Waals surface area contributed by atoms with Crippen LogP contribution in [0.4, 0.5) is 0 Å². The maximum atomic E-state index is 5.00. The minimum atomic E-state index is -0.213. The molecular formula is C43H29N5S. The maximum absolute atomic E-state index is 5.00. The Hall–Kier alpha value is -5.98. The number of imidazole rings is 1. The number of fused-ring (bicyclic) bond motifs is 8. The number of rotatable bonds is 4. The van der Waals surface area contributed by atoms with Gasteiger partial charge >= 0.3 is 0 Å². The zero-order valence-corrected chi connectivity index (χ0v) is 27.7. The van der Waals surface area contributed by atoms with Crippen molar-refractivity contribution in [3.05, 3.63) is 151 Å². The second kappa shape index (κ2) is 10.5. The second-order valence-corrected chi connectivity index (χ2v) is 14.2. The normalized spacial score (nSPS) is 13.3. The highest BCUT2D eigenvalue weighted by molar-refractivity contribution is 7.25. The summed E-state index contributed by atoms with van der Waals surface area (Å²) in [7, 11) is 0. The van der Waals surface area contributed by atoms with Crippen LogP contribution >= 0.6 is 11.3 Å². The zero-order chi connectivity index (χ0) is 32.7. The quantitative estimate of drug-likeness (QED) is 0.191. The van der Waals surface area contributed by atoms with E-state index in [2.05, 4.69) is 91.2 Å². The summed E-state index contributed by atoms with van der Waals surface area (Å²) < 4.78 is 3.44. The predicted molar refractivity (Wildman–Crippen MR) is 201 cm³/mol. The van der Waals surface area contributed by atoms with E-state index >= 15 is 0 Å². The fourth-order valence-corrected chi connectivity index (χ4v) is 8.44. The summed E-state index contributed by atoms with van der Waals surface area (Å²) in [5, 5.41) is 1.20. The Labute approximate surface area is 287 Å². The number of aromatic nitrogens is 5. The standard InChI is InChI=1S/C43H29N5S/c1-43(2)34-24-29(28-18-21-36-33(23-28)38-42(49-36)48-22-10-9-15-37(48)44-38)16-19-31(34)32-20-17-30(25-35(32)43)41-46-39(26-11-5-3-6-12-26)45-40(47-41)27-13-7-4-8-14-27/h3-25H,1-2H3. The summed E-state index contributed by atoms with van der Waals surface area (Å²) in [5.74, 6) is 2.01. The van der Waals surface area contributed by atoms with Crippen LogP contribution in [0.25, 0.3) is 82.5 Å². The van der Waals surface area contributed by atoms with Gasteiger partial charge in [0.1, 0.15) is 16.0 Å². The molecule has 6 heteroatoms. The molecule has 5 aromatic carbocycles. The Bertz CT molecular complexity index is 2680. The average molecular weight is 648 g/mol. The van der Waals surface area contributed by atoms with Gasteiger partial charge in [0.25, 0.3) is 0 Å². The molecule has 49 heavy (non-hydrogen) atoms. The highest BCUT2D eigenvalue weighted by Gasteiger charge is 2.36. The van der Waals surface area contributed by atoms with Crippen molar-refractivity contribution in [2.24, 2.45) is 0 Å². The summed E-state index contributed by atoms with van der Waals surface area (Å²) in [6, 6.07) is 46.9. The monoisotopic (exact) mass is 647 g/mol. The largest absolute Gasteiger partial charge is 0.291 e. The topological polar surface area (TPSA) is 56.0 Å². The van der Waals surface area contributed by atoms with Gasteiger partial charge in [0.2, 0.25) is 0 Å². The van der Waals surface area contributed by atoms with Gasteiger partial charge in [0, 0.05) is 38.4 Å². The minimum absolute atomic E-state index is 0.213. The highest BCUT2D eigenvalue weighted by atomic mass is 32.1. The van der Waals surface area contributed by atoms with Crippen LogP contribution in [-0.4, -0.2) is 24.3 Å². The van der Waals surface area contributed by atoms with Crippen LogP contribution in [0, 0.1) is 0 Å². The summed E-state index contributed by atoms with van der Waals surface area (Å²) in [5.41, 5.74) is 12.3. The number of thiophene rings is 1. The first-order valence-electron chi connectivity index (χ1n) is 16.5. The first-order chi connectivity index (χ1) is 24.0. The van der Waals surface area contributed by atoms with Gasteiger partial charge in [-0.05, 0) is 69.8 Å². The van der Waals surface area contributed by atoms with Crippen molar-refractivity contribution >= 4 is 37.4 Å². The molecule has 1 aliphatic carbocycles. The van der Waals surface area contributed by atoms with Crippen LogP contribution < -0.4 is 0 Å². The fraction of sp³-hybridized carbons (Fsp3) is 0.0698. The molecule has 9 aromatic rings. The summed E-state index contributed by atoms with van der Waals surface area (Å²) >= 11 is 1.80. The molecule has 0 spiro atoms. The van der Waals surface area contributed by atoms with Gasteiger partial charge in [-0.15, -0.1) is 11.3 Å². The van der Waals surface area contributed by atoms with Crippen molar-refractivity contribution in [3.8, 4) is 56.4 Å². The van der Waals surface area contributed by atoms with Crippen molar-refractivity contribution in [2.75, 3.05) is 0 Å². The Balaban J connectivity index is 1.06. The number of hydrogen-bond acceptors (Lipinski definition) is 5. The number of hydrogen-bond donors (Lipinski definition) is 0. The van der Waals surface area contributed by atoms with Crippen LogP contribution in [0.5, 0.6) is 0 Å². The predicted octanol–water partition coefficient (Wildman–Crippen LogP) is 10.9. The average Bonchev–Trinajstić information content (AvgIpc) is 3.77. The molecule has 0 saturated carbocycles. The molecule has 0 aliphatic heterocycles. The van der Waals surface area contributed by atoms with Crippen LogP contribution in [0.1, 0.15) is 25.0 Å². The number of nitrogens with zero attached hydrogens (tertiary/aromatic N) is 5. The van der Waals surface area contributed by atoms with Gasteiger partial charge in [0.05, 0.1) is 0 Å². The second-order valence-electron chi connectivity index (χ2n) is 13.2. The molecule has 0 N–H and O–H groups in total. The van der Waals surface area contributed by atoms with Crippen molar-refractivity contribution in [2.45, 2.75) is 19.3 Å². The van der Waals surface area contributed by atoms with E-state index in [9.17, 15) is 0 Å². The van der Waals surface area contributed by atoms with E-state index in [1.165, 1.54) is 48.3 Å². The Kier molecular flexibility index (Phi) is 6.02. The van der Waals surface area contributed by atoms with Gasteiger partial charge in [-0.3, -0.25) is 4.40 Å². The van der Waals surface area contributed by atoms with E-state index in [-0.39, 0.29) is 5.41 Å². The van der Waals surface area contributed by atoms with E-state index in [0.717, 1.165) is 27.9 Å². The summed E-state index contributed by atoms with van der Waals surface area (Å²) in [6.45, 7) is 4.65. The fourth-order valence-electron chi connectivity index (χ4n) is 7.33. The third kappa shape index (κ3) is 4.38. The van der Waals surface area contributed by atoms with Crippen molar-refractivity contribution in [1.82, 2.24) is 24.3 Å². The minimum Gasteiger partial charge on any atom is -0.291 e. The summed E-state index contributed by atoms with van der Waals surface area (Å²) in [4.78, 5) is 21.1. The summed E-state index contributed by atoms with van der Waals surface area (Å²) in [6.07, 6.45) is 2.10. The Morgan fingerprint density at radius 1 is 0.510 bits per heavy atom. The van der Waals surface area contributed by atoms with Crippen LogP contribution in [0.2, 0.25) is 0 Å². The maximum Gasteiger partial charge on any atom is 0.164 e. The first kappa shape index (κ1) is 28.1. The molecule has 5 nitrogen and oxygen atoms in total. The SMILES string of the molecule is CC1(C)c2cc(-c3ccc4sc5c(nc6ccccn65)c4c3)ccc2-c2ccc(-c3nc(-c4ccccc4)nc(-c4ccccc4)n3)cc21. The molecule has 1 aliphatic rings. The highest BCUT2D eigenvalue weighted by Crippen LogP contribution is 2.51. The van der Waals surface area contributed by atoms with Gasteiger partial charge in [-0.1, -0.05) is 111 Å². The molecule has 4 heterocycles. The lowest BCUT2D eigenvalue weighted by atomic mass is 9.81.